The number of pyridine rings is 1. The molecule has 3 heterocycles. The molecule has 8 heteroatoms. The van der Waals surface area contributed by atoms with Crippen LogP contribution >= 0.6 is 12.2 Å². The molecule has 0 saturated carbocycles. The number of carboxylic acid groups (broad SMARTS) is 1. The molecule has 0 aliphatic carbocycles. The second-order valence-corrected chi connectivity index (χ2v) is 8.52. The number of aromatic carboxylic acids is 1. The Kier molecular flexibility index (Phi) is 6.53. The molecular formula is C24H27N5O2S. The van der Waals surface area contributed by atoms with Gasteiger partial charge in [-0.25, -0.2) is 4.79 Å². The van der Waals surface area contributed by atoms with Gasteiger partial charge in [-0.1, -0.05) is 12.1 Å². The number of carbonyl (C=O) groups is 1. The predicted octanol–water partition coefficient (Wildman–Crippen LogP) is 3.49. The molecular weight excluding hydrogens is 422 g/mol. The smallest absolute Gasteiger partial charge is 0.335 e. The van der Waals surface area contributed by atoms with Crippen molar-refractivity contribution in [3.05, 3.63) is 83.9 Å². The number of rotatable bonds is 8. The van der Waals surface area contributed by atoms with Gasteiger partial charge in [0.25, 0.3) is 0 Å². The third kappa shape index (κ3) is 4.51. The maximum absolute atomic E-state index is 11.5. The Morgan fingerprint density at radius 2 is 2.03 bits per heavy atom. The van der Waals surface area contributed by atoms with E-state index in [4.69, 9.17) is 12.2 Å². The standard InChI is InChI=1S/C24H27N5O2S/c1-27(2)13-7-15-29-22(21(26-24(29)32)19-10-3-4-12-25-19)20-11-6-14-28(20)18-9-5-8-17(16-18)23(30)31/h3-6,8-12,14,16,21-22H,7,13,15H2,1-2H3,(H,26,32)(H,30,31)/t21-,22-/m0/s1. The van der Waals surface area contributed by atoms with Gasteiger partial charge in [-0.3, -0.25) is 4.98 Å². The zero-order chi connectivity index (χ0) is 22.7. The molecule has 7 nitrogen and oxygen atoms in total. The van der Waals surface area contributed by atoms with Gasteiger partial charge in [-0.2, -0.15) is 0 Å². The normalized spacial score (nSPS) is 18.2. The molecule has 2 aromatic heterocycles. The van der Waals surface area contributed by atoms with Crippen molar-refractivity contribution in [1.29, 1.82) is 0 Å². The minimum absolute atomic E-state index is 0.0805. The van der Waals surface area contributed by atoms with Crippen molar-refractivity contribution in [3.8, 4) is 5.69 Å². The Labute approximate surface area is 193 Å². The van der Waals surface area contributed by atoms with Gasteiger partial charge in [0.2, 0.25) is 0 Å². The Morgan fingerprint density at radius 1 is 1.19 bits per heavy atom. The molecule has 166 valence electrons. The molecule has 32 heavy (non-hydrogen) atoms. The summed E-state index contributed by atoms with van der Waals surface area (Å²) in [5.41, 5.74) is 3.00. The second kappa shape index (κ2) is 9.50. The summed E-state index contributed by atoms with van der Waals surface area (Å²) in [6, 6.07) is 16.7. The monoisotopic (exact) mass is 449 g/mol. The number of nitrogens with one attached hydrogen (secondary N) is 1. The average Bonchev–Trinajstić information content (AvgIpc) is 3.39. The van der Waals surface area contributed by atoms with Crippen molar-refractivity contribution < 1.29 is 9.90 Å². The molecule has 0 radical (unpaired) electrons. The lowest BCUT2D eigenvalue weighted by atomic mass is 10.0. The van der Waals surface area contributed by atoms with Crippen LogP contribution in [0.25, 0.3) is 5.69 Å². The van der Waals surface area contributed by atoms with E-state index in [2.05, 4.69) is 40.3 Å². The highest BCUT2D eigenvalue weighted by Gasteiger charge is 2.40. The van der Waals surface area contributed by atoms with Crippen LogP contribution in [-0.4, -0.2) is 62.7 Å². The topological polar surface area (TPSA) is 73.6 Å². The largest absolute Gasteiger partial charge is 0.478 e. The van der Waals surface area contributed by atoms with Gasteiger partial charge in [0, 0.05) is 30.3 Å². The van der Waals surface area contributed by atoms with E-state index in [0.717, 1.165) is 36.6 Å². The first-order valence-electron chi connectivity index (χ1n) is 10.6. The summed E-state index contributed by atoms with van der Waals surface area (Å²) >= 11 is 5.75. The number of hydrogen-bond acceptors (Lipinski definition) is 4. The van der Waals surface area contributed by atoms with Crippen molar-refractivity contribution in [2.45, 2.75) is 18.5 Å². The molecule has 1 aliphatic rings. The fourth-order valence-corrected chi connectivity index (χ4v) is 4.52. The minimum atomic E-state index is -0.944. The number of aromatic nitrogens is 2. The average molecular weight is 450 g/mol. The van der Waals surface area contributed by atoms with Gasteiger partial charge in [-0.15, -0.1) is 0 Å². The van der Waals surface area contributed by atoms with Crippen LogP contribution < -0.4 is 5.32 Å². The van der Waals surface area contributed by atoms with Crippen LogP contribution in [0.3, 0.4) is 0 Å². The summed E-state index contributed by atoms with van der Waals surface area (Å²) in [6.45, 7) is 1.76. The number of hydrogen-bond donors (Lipinski definition) is 2. The van der Waals surface area contributed by atoms with Gasteiger partial charge in [0.1, 0.15) is 0 Å². The summed E-state index contributed by atoms with van der Waals surface area (Å²) in [4.78, 5) is 20.5. The van der Waals surface area contributed by atoms with Crippen LogP contribution in [0.1, 0.15) is 40.3 Å². The highest BCUT2D eigenvalue weighted by Crippen LogP contribution is 2.39. The van der Waals surface area contributed by atoms with Crippen LogP contribution in [0.5, 0.6) is 0 Å². The fraction of sp³-hybridized carbons (Fsp3) is 0.292. The van der Waals surface area contributed by atoms with E-state index >= 15 is 0 Å². The zero-order valence-corrected chi connectivity index (χ0v) is 19.0. The van der Waals surface area contributed by atoms with Crippen LogP contribution in [-0.2, 0) is 0 Å². The first-order valence-corrected chi connectivity index (χ1v) is 11.0. The maximum atomic E-state index is 11.5. The fourth-order valence-electron chi connectivity index (χ4n) is 4.18. The molecule has 1 saturated heterocycles. The van der Waals surface area contributed by atoms with E-state index in [0.29, 0.717) is 5.11 Å². The summed E-state index contributed by atoms with van der Waals surface area (Å²) in [5, 5.41) is 13.6. The Morgan fingerprint density at radius 3 is 2.75 bits per heavy atom. The third-order valence-corrected chi connectivity index (χ3v) is 6.01. The number of carboxylic acids is 1. The van der Waals surface area contributed by atoms with E-state index in [-0.39, 0.29) is 17.6 Å². The molecule has 0 bridgehead atoms. The van der Waals surface area contributed by atoms with Crippen LogP contribution in [0.4, 0.5) is 0 Å². The van der Waals surface area contributed by atoms with Crippen molar-refractivity contribution in [1.82, 2.24) is 24.7 Å². The molecule has 0 unspecified atom stereocenters. The highest BCUT2D eigenvalue weighted by molar-refractivity contribution is 7.80. The van der Waals surface area contributed by atoms with Gasteiger partial charge in [0.15, 0.2) is 5.11 Å². The minimum Gasteiger partial charge on any atom is -0.478 e. The van der Waals surface area contributed by atoms with Gasteiger partial charge in [0.05, 0.1) is 23.3 Å². The lowest BCUT2D eigenvalue weighted by molar-refractivity contribution is 0.0697. The van der Waals surface area contributed by atoms with Gasteiger partial charge in [-0.05, 0) is 81.7 Å². The molecule has 0 spiro atoms. The molecule has 4 rings (SSSR count). The summed E-state index contributed by atoms with van der Waals surface area (Å²) in [5.74, 6) is -0.944. The SMILES string of the molecule is CN(C)CCCN1C(=S)N[C@@H](c2ccccn2)[C@@H]1c1cccn1-c1cccc(C(=O)O)c1. The van der Waals surface area contributed by atoms with Crippen molar-refractivity contribution in [2.75, 3.05) is 27.2 Å². The quantitative estimate of drug-likeness (QED) is 0.510. The highest BCUT2D eigenvalue weighted by atomic mass is 32.1. The van der Waals surface area contributed by atoms with Gasteiger partial charge >= 0.3 is 5.97 Å². The van der Waals surface area contributed by atoms with Crippen LogP contribution in [0, 0.1) is 0 Å². The van der Waals surface area contributed by atoms with E-state index in [1.165, 1.54) is 0 Å². The Bertz CT molecular complexity index is 1100. The summed E-state index contributed by atoms with van der Waals surface area (Å²) in [6.07, 6.45) is 4.72. The van der Waals surface area contributed by atoms with Crippen molar-refractivity contribution in [2.24, 2.45) is 0 Å². The molecule has 1 aliphatic heterocycles. The lowest BCUT2D eigenvalue weighted by Crippen LogP contribution is -2.33. The van der Waals surface area contributed by atoms with Gasteiger partial charge < -0.3 is 24.8 Å². The molecule has 1 aromatic carbocycles. The van der Waals surface area contributed by atoms with E-state index < -0.39 is 5.97 Å². The Hall–Kier alpha value is -3.23. The van der Waals surface area contributed by atoms with E-state index in [1.54, 1.807) is 24.4 Å². The Balaban J connectivity index is 1.75. The third-order valence-electron chi connectivity index (χ3n) is 5.66. The molecule has 3 aromatic rings. The molecule has 2 atom stereocenters. The van der Waals surface area contributed by atoms with Crippen molar-refractivity contribution in [3.63, 3.8) is 0 Å². The first kappa shape index (κ1) is 22.0. The zero-order valence-electron chi connectivity index (χ0n) is 18.2. The lowest BCUT2D eigenvalue weighted by Gasteiger charge is -2.29. The summed E-state index contributed by atoms with van der Waals surface area (Å²) < 4.78 is 2.04. The predicted molar refractivity (Wildman–Crippen MR) is 128 cm³/mol. The summed E-state index contributed by atoms with van der Waals surface area (Å²) in [7, 11) is 4.13. The number of benzene rings is 1. The first-order chi connectivity index (χ1) is 15.5. The van der Waals surface area contributed by atoms with Crippen LogP contribution in [0.15, 0.2) is 67.0 Å². The number of nitrogens with zero attached hydrogens (tertiary/aromatic N) is 4. The maximum Gasteiger partial charge on any atom is 0.335 e. The molecule has 2 N–H and O–H groups in total. The second-order valence-electron chi connectivity index (χ2n) is 8.14. The molecule has 1 fully saturated rings. The van der Waals surface area contributed by atoms with E-state index in [1.807, 2.05) is 41.1 Å². The van der Waals surface area contributed by atoms with Crippen LogP contribution in [0.2, 0.25) is 0 Å². The number of thiocarbonyl (C=S) groups is 1. The van der Waals surface area contributed by atoms with Crippen molar-refractivity contribution >= 4 is 23.3 Å². The molecule has 0 amide bonds. The van der Waals surface area contributed by atoms with E-state index in [9.17, 15) is 9.90 Å².